The van der Waals surface area contributed by atoms with Gasteiger partial charge in [0.2, 0.25) is 0 Å². The van der Waals surface area contributed by atoms with Crippen molar-refractivity contribution in [2.75, 3.05) is 0 Å². The standard InChI is InChI=1S/C14H12Si/c1-15-14-12-8-4-2-6-10(12)11-7-3-5-9-13(11)14/h2-9,14H,1H3. The lowest BCUT2D eigenvalue weighted by atomic mass is 10.1. The smallest absolute Gasteiger partial charge is 0.0500 e. The number of benzene rings is 2. The van der Waals surface area contributed by atoms with E-state index in [2.05, 4.69) is 55.1 Å². The first-order valence-corrected chi connectivity index (χ1v) is 6.85. The molecule has 0 N–H and O–H groups in total. The van der Waals surface area contributed by atoms with E-state index in [0.717, 1.165) is 9.52 Å². The predicted octanol–water partition coefficient (Wildman–Crippen LogP) is 3.51. The fourth-order valence-corrected chi connectivity index (χ4v) is 3.59. The Morgan fingerprint density at radius 3 is 1.73 bits per heavy atom. The zero-order chi connectivity index (χ0) is 10.3. The first kappa shape index (κ1) is 8.92. The van der Waals surface area contributed by atoms with Crippen molar-refractivity contribution < 1.29 is 0 Å². The summed E-state index contributed by atoms with van der Waals surface area (Å²) in [6.45, 7) is 2.30. The molecule has 72 valence electrons. The monoisotopic (exact) mass is 208 g/mol. The number of hydrogen-bond donors (Lipinski definition) is 0. The van der Waals surface area contributed by atoms with E-state index >= 15 is 0 Å². The molecule has 0 bridgehead atoms. The van der Waals surface area contributed by atoms with Gasteiger partial charge in [-0.3, -0.25) is 0 Å². The molecule has 0 nitrogen and oxygen atoms in total. The van der Waals surface area contributed by atoms with E-state index in [9.17, 15) is 0 Å². The maximum Gasteiger partial charge on any atom is 0.0500 e. The summed E-state index contributed by atoms with van der Waals surface area (Å²) in [6.07, 6.45) is 0. The Morgan fingerprint density at radius 2 is 1.27 bits per heavy atom. The van der Waals surface area contributed by atoms with Crippen LogP contribution in [0.15, 0.2) is 48.5 Å². The molecule has 0 unspecified atom stereocenters. The zero-order valence-corrected chi connectivity index (χ0v) is 9.70. The third kappa shape index (κ3) is 1.20. The lowest BCUT2D eigenvalue weighted by Gasteiger charge is -2.08. The van der Waals surface area contributed by atoms with Gasteiger partial charge in [-0.05, 0) is 22.3 Å². The van der Waals surface area contributed by atoms with Crippen molar-refractivity contribution in [1.82, 2.24) is 0 Å². The third-order valence-electron chi connectivity index (χ3n) is 3.12. The topological polar surface area (TPSA) is 0 Å². The molecule has 0 heterocycles. The van der Waals surface area contributed by atoms with Crippen LogP contribution in [0.1, 0.15) is 16.7 Å². The number of rotatable bonds is 1. The highest BCUT2D eigenvalue weighted by molar-refractivity contribution is 6.38. The van der Waals surface area contributed by atoms with Crippen molar-refractivity contribution in [3.63, 3.8) is 0 Å². The molecule has 3 rings (SSSR count). The van der Waals surface area contributed by atoms with Crippen molar-refractivity contribution >= 4 is 9.52 Å². The van der Waals surface area contributed by atoms with Crippen molar-refractivity contribution in [3.8, 4) is 11.1 Å². The fraction of sp³-hybridized carbons (Fsp3) is 0.143. The van der Waals surface area contributed by atoms with E-state index in [0.29, 0.717) is 5.54 Å². The Bertz CT molecular complexity index is 457. The van der Waals surface area contributed by atoms with Crippen LogP contribution in [0.2, 0.25) is 6.55 Å². The SMILES string of the molecule is C[Si]C1c2ccccc2-c2ccccc21. The van der Waals surface area contributed by atoms with Crippen LogP contribution in [-0.4, -0.2) is 9.52 Å². The van der Waals surface area contributed by atoms with Crippen LogP contribution >= 0.6 is 0 Å². The Labute approximate surface area is 92.8 Å². The van der Waals surface area contributed by atoms with Gasteiger partial charge in [-0.25, -0.2) is 0 Å². The van der Waals surface area contributed by atoms with Crippen LogP contribution in [0, 0.1) is 0 Å². The highest BCUT2D eigenvalue weighted by atomic mass is 28.2. The van der Waals surface area contributed by atoms with Gasteiger partial charge in [0.25, 0.3) is 0 Å². The van der Waals surface area contributed by atoms with Gasteiger partial charge < -0.3 is 0 Å². The highest BCUT2D eigenvalue weighted by Crippen LogP contribution is 2.43. The molecule has 1 aliphatic rings. The van der Waals surface area contributed by atoms with Gasteiger partial charge in [-0.15, -0.1) is 0 Å². The molecular formula is C14H12Si. The quantitative estimate of drug-likeness (QED) is 0.629. The van der Waals surface area contributed by atoms with Crippen molar-refractivity contribution in [2.24, 2.45) is 0 Å². The molecule has 1 heteroatoms. The average molecular weight is 208 g/mol. The summed E-state index contributed by atoms with van der Waals surface area (Å²) in [4.78, 5) is 0. The second kappa shape index (κ2) is 3.35. The summed E-state index contributed by atoms with van der Waals surface area (Å²) in [7, 11) is 0.945. The van der Waals surface area contributed by atoms with Gasteiger partial charge in [0.15, 0.2) is 0 Å². The zero-order valence-electron chi connectivity index (χ0n) is 8.70. The molecular weight excluding hydrogens is 196 g/mol. The molecule has 0 atom stereocenters. The van der Waals surface area contributed by atoms with Gasteiger partial charge in [-0.2, -0.15) is 0 Å². The van der Waals surface area contributed by atoms with E-state index in [4.69, 9.17) is 0 Å². The summed E-state index contributed by atoms with van der Waals surface area (Å²) in [6, 6.07) is 17.6. The van der Waals surface area contributed by atoms with Crippen LogP contribution in [0.25, 0.3) is 11.1 Å². The van der Waals surface area contributed by atoms with E-state index in [-0.39, 0.29) is 0 Å². The summed E-state index contributed by atoms with van der Waals surface area (Å²) < 4.78 is 0. The minimum Gasteiger partial charge on any atom is -0.0724 e. The Hall–Kier alpha value is -1.34. The van der Waals surface area contributed by atoms with Crippen LogP contribution in [0.3, 0.4) is 0 Å². The minimum atomic E-state index is 0.636. The van der Waals surface area contributed by atoms with Gasteiger partial charge in [0.1, 0.15) is 0 Å². The minimum absolute atomic E-state index is 0.636. The van der Waals surface area contributed by atoms with E-state index < -0.39 is 0 Å². The largest absolute Gasteiger partial charge is 0.0724 e. The molecule has 0 aromatic heterocycles. The van der Waals surface area contributed by atoms with Crippen molar-refractivity contribution in [2.45, 2.75) is 12.1 Å². The lowest BCUT2D eigenvalue weighted by Crippen LogP contribution is -2.02. The molecule has 1 aliphatic carbocycles. The van der Waals surface area contributed by atoms with E-state index in [1.54, 1.807) is 0 Å². The molecule has 2 radical (unpaired) electrons. The van der Waals surface area contributed by atoms with Crippen molar-refractivity contribution in [3.05, 3.63) is 59.7 Å². The number of fused-ring (bicyclic) bond motifs is 3. The summed E-state index contributed by atoms with van der Waals surface area (Å²) in [5, 5.41) is 0. The summed E-state index contributed by atoms with van der Waals surface area (Å²) in [5.74, 6) is 0. The molecule has 0 amide bonds. The van der Waals surface area contributed by atoms with Crippen molar-refractivity contribution in [1.29, 1.82) is 0 Å². The molecule has 2 aromatic carbocycles. The van der Waals surface area contributed by atoms with Crippen LogP contribution in [-0.2, 0) is 0 Å². The molecule has 2 aromatic rings. The van der Waals surface area contributed by atoms with Gasteiger partial charge >= 0.3 is 0 Å². The first-order valence-electron chi connectivity index (χ1n) is 5.27. The Morgan fingerprint density at radius 1 is 0.800 bits per heavy atom. The van der Waals surface area contributed by atoms with Gasteiger partial charge in [0, 0.05) is 5.54 Å². The summed E-state index contributed by atoms with van der Waals surface area (Å²) >= 11 is 0. The first-order chi connectivity index (χ1) is 7.42. The fourth-order valence-electron chi connectivity index (χ4n) is 2.47. The average Bonchev–Trinajstić information content (AvgIpc) is 2.63. The maximum atomic E-state index is 2.30. The molecule has 0 fully saturated rings. The molecule has 0 saturated heterocycles. The second-order valence-electron chi connectivity index (χ2n) is 3.90. The Balaban J connectivity index is 2.31. The normalized spacial score (nSPS) is 13.7. The van der Waals surface area contributed by atoms with Crippen LogP contribution in [0.5, 0.6) is 0 Å². The second-order valence-corrected chi connectivity index (χ2v) is 5.05. The molecule has 0 spiro atoms. The highest BCUT2D eigenvalue weighted by Gasteiger charge is 2.26. The number of hydrogen-bond acceptors (Lipinski definition) is 0. The van der Waals surface area contributed by atoms with Crippen LogP contribution in [0.4, 0.5) is 0 Å². The summed E-state index contributed by atoms with van der Waals surface area (Å²) in [5.41, 5.74) is 6.54. The van der Waals surface area contributed by atoms with E-state index in [1.165, 1.54) is 22.3 Å². The predicted molar refractivity (Wildman–Crippen MR) is 65.3 cm³/mol. The van der Waals surface area contributed by atoms with Gasteiger partial charge in [0.05, 0.1) is 9.52 Å². The maximum absolute atomic E-state index is 2.30. The van der Waals surface area contributed by atoms with E-state index in [1.807, 2.05) is 0 Å². The molecule has 15 heavy (non-hydrogen) atoms. The lowest BCUT2D eigenvalue weighted by molar-refractivity contribution is 1.18. The molecule has 0 saturated carbocycles. The Kier molecular flexibility index (Phi) is 1.99. The van der Waals surface area contributed by atoms with Gasteiger partial charge in [-0.1, -0.05) is 55.1 Å². The van der Waals surface area contributed by atoms with Crippen LogP contribution < -0.4 is 0 Å². The molecule has 0 aliphatic heterocycles. The third-order valence-corrected chi connectivity index (χ3v) is 4.32.